The first-order valence-electron chi connectivity index (χ1n) is 8.89. The molecule has 1 amide bonds. The molecule has 0 saturated carbocycles. The number of carbonyl (C=O) groups excluding carboxylic acids is 1. The summed E-state index contributed by atoms with van der Waals surface area (Å²) in [7, 11) is 0. The molecule has 2 aliphatic heterocycles. The number of ether oxygens (including phenoxy) is 3. The molecule has 0 aromatic carbocycles. The van der Waals surface area contributed by atoms with Crippen molar-refractivity contribution >= 4 is 38.0 Å². The Labute approximate surface area is 167 Å². The van der Waals surface area contributed by atoms with Gasteiger partial charge in [0.1, 0.15) is 0 Å². The number of fused-ring (bicyclic) bond motifs is 1. The van der Waals surface area contributed by atoms with E-state index in [-0.39, 0.29) is 20.8 Å². The maximum absolute atomic E-state index is 12.6. The monoisotopic (exact) mass is 458 g/mol. The molecule has 2 aromatic heterocycles. The molecule has 152 valence electrons. The minimum absolute atomic E-state index is 0.248. The van der Waals surface area contributed by atoms with Crippen molar-refractivity contribution in [2.45, 2.75) is 35.7 Å². The Balaban J connectivity index is 1.62. The second kappa shape index (κ2) is 8.18. The Hall–Kier alpha value is -1.98. The standard InChI is InChI=1S/C16H22N6O5Se/c1-28-6-9-11(23)12(27-16(24)21-2-4-25-5-3-21)15(26-9)22-8-20-10-13(17)18-7-19-14(10)22/h7-9,11-12,15,23H,2-6H2,1H3,(H2,17,18,19)/t9-,11?,12+,15-/m1/s1. The van der Waals surface area contributed by atoms with E-state index in [0.717, 1.165) is 0 Å². The SMILES string of the molecule is C[Se]C[C@H]1O[C@@H](n2cnc3c(N)ncnc32)[C@@H](OC(=O)N2CCOCC2)C1O. The summed E-state index contributed by atoms with van der Waals surface area (Å²) < 4.78 is 18.7. The molecular weight excluding hydrogens is 435 g/mol. The van der Waals surface area contributed by atoms with Gasteiger partial charge in [0.15, 0.2) is 0 Å². The van der Waals surface area contributed by atoms with Gasteiger partial charge in [-0.2, -0.15) is 0 Å². The van der Waals surface area contributed by atoms with Crippen LogP contribution in [-0.2, 0) is 14.2 Å². The zero-order valence-corrected chi connectivity index (χ0v) is 17.0. The second-order valence-corrected chi connectivity index (χ2v) is 8.45. The molecule has 2 aliphatic rings. The summed E-state index contributed by atoms with van der Waals surface area (Å²) in [5, 5.41) is 11.5. The van der Waals surface area contributed by atoms with Crippen molar-refractivity contribution in [2.75, 3.05) is 32.0 Å². The van der Waals surface area contributed by atoms with Crippen LogP contribution < -0.4 is 5.73 Å². The van der Waals surface area contributed by atoms with Gasteiger partial charge in [0, 0.05) is 0 Å². The van der Waals surface area contributed by atoms with Crippen LogP contribution in [0.2, 0.25) is 11.1 Å². The molecule has 0 bridgehead atoms. The van der Waals surface area contributed by atoms with Crippen molar-refractivity contribution in [3.05, 3.63) is 12.7 Å². The Morgan fingerprint density at radius 1 is 1.39 bits per heavy atom. The van der Waals surface area contributed by atoms with E-state index in [4.69, 9.17) is 19.9 Å². The van der Waals surface area contributed by atoms with Crippen LogP contribution in [0.3, 0.4) is 0 Å². The van der Waals surface area contributed by atoms with Crippen molar-refractivity contribution in [2.24, 2.45) is 0 Å². The number of imidazole rings is 1. The number of hydrogen-bond donors (Lipinski definition) is 2. The van der Waals surface area contributed by atoms with Gasteiger partial charge in [0.05, 0.1) is 0 Å². The number of aliphatic hydroxyl groups is 1. The molecule has 3 N–H and O–H groups in total. The van der Waals surface area contributed by atoms with Crippen LogP contribution in [0, 0.1) is 0 Å². The summed E-state index contributed by atoms with van der Waals surface area (Å²) in [5.41, 5.74) is 6.76. The van der Waals surface area contributed by atoms with Gasteiger partial charge in [-0.05, 0) is 0 Å². The summed E-state index contributed by atoms with van der Waals surface area (Å²) in [6.45, 7) is 1.83. The Morgan fingerprint density at radius 2 is 2.18 bits per heavy atom. The number of aromatic nitrogens is 4. The molecule has 2 aromatic rings. The summed E-state index contributed by atoms with van der Waals surface area (Å²) in [4.78, 5) is 26.6. The number of nitrogen functional groups attached to an aromatic ring is 1. The summed E-state index contributed by atoms with van der Waals surface area (Å²) in [6, 6.07) is 0. The molecule has 2 saturated heterocycles. The number of hydrogen-bond acceptors (Lipinski definition) is 9. The quantitative estimate of drug-likeness (QED) is 0.592. The fourth-order valence-corrected chi connectivity index (χ4v) is 4.63. The zero-order chi connectivity index (χ0) is 19.7. The minimum atomic E-state index is -0.951. The number of aliphatic hydroxyl groups excluding tert-OH is 1. The number of morpholine rings is 1. The number of carbonyl (C=O) groups is 1. The number of amides is 1. The molecule has 0 aliphatic carbocycles. The van der Waals surface area contributed by atoms with Crippen molar-refractivity contribution in [1.29, 1.82) is 0 Å². The fraction of sp³-hybridized carbons (Fsp3) is 0.625. The predicted molar refractivity (Wildman–Crippen MR) is 98.7 cm³/mol. The molecule has 0 radical (unpaired) electrons. The van der Waals surface area contributed by atoms with Crippen molar-refractivity contribution in [3.63, 3.8) is 0 Å². The van der Waals surface area contributed by atoms with Crippen LogP contribution in [0.5, 0.6) is 0 Å². The third-order valence-electron chi connectivity index (χ3n) is 4.81. The van der Waals surface area contributed by atoms with Gasteiger partial charge < -0.3 is 0 Å². The molecule has 1 unspecified atom stereocenters. The van der Waals surface area contributed by atoms with Crippen LogP contribution in [0.25, 0.3) is 11.2 Å². The summed E-state index contributed by atoms with van der Waals surface area (Å²) in [6.07, 6.45) is -0.683. The van der Waals surface area contributed by atoms with E-state index in [9.17, 15) is 9.90 Å². The first-order chi connectivity index (χ1) is 13.6. The van der Waals surface area contributed by atoms with E-state index < -0.39 is 30.6 Å². The van der Waals surface area contributed by atoms with Gasteiger partial charge in [-0.15, -0.1) is 0 Å². The van der Waals surface area contributed by atoms with Crippen LogP contribution >= 0.6 is 0 Å². The molecule has 4 rings (SSSR count). The van der Waals surface area contributed by atoms with Crippen LogP contribution in [-0.4, -0.2) is 95.2 Å². The average molecular weight is 457 g/mol. The second-order valence-electron chi connectivity index (χ2n) is 6.54. The average Bonchev–Trinajstić information content (AvgIpc) is 3.26. The molecule has 2 fully saturated rings. The van der Waals surface area contributed by atoms with Crippen molar-refractivity contribution < 1.29 is 24.1 Å². The van der Waals surface area contributed by atoms with E-state index >= 15 is 0 Å². The van der Waals surface area contributed by atoms with Gasteiger partial charge >= 0.3 is 167 Å². The summed E-state index contributed by atoms with van der Waals surface area (Å²) >= 11 is 0.281. The molecule has 28 heavy (non-hydrogen) atoms. The zero-order valence-electron chi connectivity index (χ0n) is 15.3. The maximum atomic E-state index is 12.6. The molecule has 12 heteroatoms. The molecule has 11 nitrogen and oxygen atoms in total. The number of anilines is 1. The first-order valence-corrected chi connectivity index (χ1v) is 11.8. The van der Waals surface area contributed by atoms with Gasteiger partial charge in [-0.3, -0.25) is 0 Å². The van der Waals surface area contributed by atoms with E-state index in [1.165, 1.54) is 12.7 Å². The third-order valence-corrected chi connectivity index (χ3v) is 6.20. The van der Waals surface area contributed by atoms with E-state index in [2.05, 4.69) is 20.8 Å². The van der Waals surface area contributed by atoms with Crippen LogP contribution in [0.1, 0.15) is 6.23 Å². The third kappa shape index (κ3) is 3.53. The van der Waals surface area contributed by atoms with Crippen LogP contribution in [0.15, 0.2) is 12.7 Å². The van der Waals surface area contributed by atoms with E-state index in [1.54, 1.807) is 9.47 Å². The fourth-order valence-electron chi connectivity index (χ4n) is 3.36. The van der Waals surface area contributed by atoms with Crippen LogP contribution in [0.4, 0.5) is 10.6 Å². The number of nitrogens with zero attached hydrogens (tertiary/aromatic N) is 5. The van der Waals surface area contributed by atoms with Crippen molar-refractivity contribution in [1.82, 2.24) is 24.4 Å². The predicted octanol–water partition coefficient (Wildman–Crippen LogP) is -0.325. The molecule has 4 heterocycles. The van der Waals surface area contributed by atoms with Gasteiger partial charge in [-0.25, -0.2) is 0 Å². The Morgan fingerprint density at radius 3 is 2.93 bits per heavy atom. The Kier molecular flexibility index (Phi) is 5.65. The topological polar surface area (TPSA) is 138 Å². The van der Waals surface area contributed by atoms with Crippen molar-refractivity contribution in [3.8, 4) is 0 Å². The van der Waals surface area contributed by atoms with E-state index in [0.29, 0.717) is 42.8 Å². The molecular formula is C16H22N6O5Se. The summed E-state index contributed by atoms with van der Waals surface area (Å²) in [5.74, 6) is 2.31. The first kappa shape index (κ1) is 19.3. The number of rotatable bonds is 4. The molecule has 0 spiro atoms. The van der Waals surface area contributed by atoms with Gasteiger partial charge in [0.2, 0.25) is 0 Å². The molecule has 4 atom stereocenters. The van der Waals surface area contributed by atoms with E-state index in [1.807, 2.05) is 0 Å². The normalized spacial score (nSPS) is 28.0. The van der Waals surface area contributed by atoms with Gasteiger partial charge in [0.25, 0.3) is 0 Å². The van der Waals surface area contributed by atoms with Gasteiger partial charge in [-0.1, -0.05) is 0 Å². The number of nitrogens with two attached hydrogens (primary N) is 1. The Bertz CT molecular complexity index is 844.